The molecule has 3 heteroatoms. The Labute approximate surface area is 168 Å². The van der Waals surface area contributed by atoms with E-state index in [4.69, 9.17) is 0 Å². The van der Waals surface area contributed by atoms with E-state index in [1.165, 1.54) is 0 Å². The van der Waals surface area contributed by atoms with Gasteiger partial charge in [0.1, 0.15) is 0 Å². The third kappa shape index (κ3) is 6.03. The van der Waals surface area contributed by atoms with Crippen molar-refractivity contribution in [1.29, 1.82) is 0 Å². The van der Waals surface area contributed by atoms with E-state index in [0.717, 1.165) is 22.3 Å². The van der Waals surface area contributed by atoms with E-state index in [2.05, 4.69) is 6.07 Å². The lowest BCUT2D eigenvalue weighted by Crippen LogP contribution is -2.23. The SMILES string of the molecule is C/C=C/C(=C\C(O)(CC)CC)c1cccc(/C=C/c2cccc(C(O)O)c2)c1. The van der Waals surface area contributed by atoms with E-state index in [9.17, 15) is 15.3 Å². The molecular weight excluding hydrogens is 348 g/mol. The van der Waals surface area contributed by atoms with Crippen LogP contribution in [0.15, 0.2) is 66.8 Å². The highest BCUT2D eigenvalue weighted by Gasteiger charge is 2.19. The molecule has 2 rings (SSSR count). The zero-order chi connectivity index (χ0) is 20.6. The lowest BCUT2D eigenvalue weighted by Gasteiger charge is -2.22. The van der Waals surface area contributed by atoms with Gasteiger partial charge in [0.05, 0.1) is 5.60 Å². The van der Waals surface area contributed by atoms with Gasteiger partial charge in [0.2, 0.25) is 0 Å². The lowest BCUT2D eigenvalue weighted by atomic mass is 9.91. The van der Waals surface area contributed by atoms with Crippen LogP contribution in [-0.2, 0) is 0 Å². The molecule has 28 heavy (non-hydrogen) atoms. The van der Waals surface area contributed by atoms with Crippen molar-refractivity contribution in [2.45, 2.75) is 45.5 Å². The normalized spacial score (nSPS) is 13.2. The fourth-order valence-corrected chi connectivity index (χ4v) is 2.99. The van der Waals surface area contributed by atoms with Gasteiger partial charge in [-0.05, 0) is 60.2 Å². The summed E-state index contributed by atoms with van der Waals surface area (Å²) in [4.78, 5) is 0. The summed E-state index contributed by atoms with van der Waals surface area (Å²) >= 11 is 0. The first-order chi connectivity index (χ1) is 13.4. The molecule has 0 aliphatic heterocycles. The van der Waals surface area contributed by atoms with Crippen LogP contribution in [0.25, 0.3) is 17.7 Å². The molecule has 0 aliphatic rings. The smallest absolute Gasteiger partial charge is 0.178 e. The molecule has 2 aromatic rings. The van der Waals surface area contributed by atoms with E-state index >= 15 is 0 Å². The largest absolute Gasteiger partial charge is 0.386 e. The highest BCUT2D eigenvalue weighted by molar-refractivity contribution is 5.78. The van der Waals surface area contributed by atoms with Crippen LogP contribution in [0.1, 0.15) is 62.2 Å². The molecule has 0 saturated heterocycles. The van der Waals surface area contributed by atoms with Gasteiger partial charge in [-0.1, -0.05) is 74.5 Å². The molecule has 0 unspecified atom stereocenters. The van der Waals surface area contributed by atoms with Gasteiger partial charge >= 0.3 is 0 Å². The van der Waals surface area contributed by atoms with Crippen molar-refractivity contribution >= 4 is 17.7 Å². The molecule has 0 bridgehead atoms. The first kappa shape index (κ1) is 21.8. The molecule has 0 aliphatic carbocycles. The summed E-state index contributed by atoms with van der Waals surface area (Å²) in [5.41, 5.74) is 3.61. The minimum Gasteiger partial charge on any atom is -0.386 e. The van der Waals surface area contributed by atoms with Crippen LogP contribution in [0.3, 0.4) is 0 Å². The van der Waals surface area contributed by atoms with Crippen molar-refractivity contribution < 1.29 is 15.3 Å². The van der Waals surface area contributed by atoms with Crippen LogP contribution >= 0.6 is 0 Å². The third-order valence-electron chi connectivity index (χ3n) is 4.89. The zero-order valence-corrected chi connectivity index (χ0v) is 16.8. The Balaban J connectivity index is 2.34. The van der Waals surface area contributed by atoms with Crippen LogP contribution < -0.4 is 0 Å². The van der Waals surface area contributed by atoms with Crippen molar-refractivity contribution in [3.63, 3.8) is 0 Å². The summed E-state index contributed by atoms with van der Waals surface area (Å²) < 4.78 is 0. The number of hydrogen-bond donors (Lipinski definition) is 3. The molecule has 0 spiro atoms. The van der Waals surface area contributed by atoms with E-state index in [0.29, 0.717) is 18.4 Å². The zero-order valence-electron chi connectivity index (χ0n) is 16.8. The third-order valence-corrected chi connectivity index (χ3v) is 4.89. The maximum atomic E-state index is 10.7. The molecule has 3 N–H and O–H groups in total. The lowest BCUT2D eigenvalue weighted by molar-refractivity contribution is -0.0424. The Kier molecular flexibility index (Phi) is 7.94. The fraction of sp³-hybridized carbons (Fsp3) is 0.280. The number of hydrogen-bond acceptors (Lipinski definition) is 3. The highest BCUT2D eigenvalue weighted by Crippen LogP contribution is 2.26. The Bertz CT molecular complexity index is 856. The molecule has 0 fully saturated rings. The number of aliphatic hydroxyl groups is 3. The molecule has 2 aromatic carbocycles. The van der Waals surface area contributed by atoms with Crippen molar-refractivity contribution in [3.05, 3.63) is 89.0 Å². The van der Waals surface area contributed by atoms with Crippen LogP contribution in [0.5, 0.6) is 0 Å². The van der Waals surface area contributed by atoms with Gasteiger partial charge in [0.15, 0.2) is 6.29 Å². The summed E-state index contributed by atoms with van der Waals surface area (Å²) in [5, 5.41) is 29.3. The average Bonchev–Trinajstić information content (AvgIpc) is 2.72. The molecular formula is C25H30O3. The molecule has 0 heterocycles. The predicted octanol–water partition coefficient (Wildman–Crippen LogP) is 5.35. The number of rotatable bonds is 8. The topological polar surface area (TPSA) is 60.7 Å². The van der Waals surface area contributed by atoms with Gasteiger partial charge < -0.3 is 15.3 Å². The quantitative estimate of drug-likeness (QED) is 0.330. The fourth-order valence-electron chi connectivity index (χ4n) is 2.99. The summed E-state index contributed by atoms with van der Waals surface area (Å²) in [6, 6.07) is 15.3. The van der Waals surface area contributed by atoms with Crippen molar-refractivity contribution in [3.8, 4) is 0 Å². The van der Waals surface area contributed by atoms with Gasteiger partial charge in [0, 0.05) is 5.56 Å². The van der Waals surface area contributed by atoms with Crippen molar-refractivity contribution in [2.75, 3.05) is 0 Å². The maximum Gasteiger partial charge on any atom is 0.178 e. The van der Waals surface area contributed by atoms with Crippen LogP contribution in [0.2, 0.25) is 0 Å². The van der Waals surface area contributed by atoms with Crippen molar-refractivity contribution in [2.24, 2.45) is 0 Å². The molecule has 0 amide bonds. The Morgan fingerprint density at radius 3 is 2.14 bits per heavy atom. The van der Waals surface area contributed by atoms with E-state index in [-0.39, 0.29) is 0 Å². The number of allylic oxidation sites excluding steroid dienone is 3. The van der Waals surface area contributed by atoms with Crippen LogP contribution in [0, 0.1) is 0 Å². The minimum absolute atomic E-state index is 0.465. The second kappa shape index (κ2) is 10.2. The highest BCUT2D eigenvalue weighted by atomic mass is 16.5. The summed E-state index contributed by atoms with van der Waals surface area (Å²) in [6.45, 7) is 5.95. The van der Waals surface area contributed by atoms with E-state index in [1.807, 2.05) is 75.4 Å². The van der Waals surface area contributed by atoms with E-state index < -0.39 is 11.9 Å². The van der Waals surface area contributed by atoms with E-state index in [1.54, 1.807) is 18.2 Å². The average molecular weight is 379 g/mol. The molecule has 3 nitrogen and oxygen atoms in total. The molecule has 148 valence electrons. The predicted molar refractivity (Wildman–Crippen MR) is 117 cm³/mol. The monoisotopic (exact) mass is 378 g/mol. The summed E-state index contributed by atoms with van der Waals surface area (Å²) in [7, 11) is 0. The summed E-state index contributed by atoms with van der Waals surface area (Å²) in [6.07, 6.45) is 9.73. The van der Waals surface area contributed by atoms with Crippen LogP contribution in [-0.4, -0.2) is 20.9 Å². The van der Waals surface area contributed by atoms with Gasteiger partial charge in [-0.3, -0.25) is 0 Å². The Hall–Kier alpha value is -2.46. The van der Waals surface area contributed by atoms with Crippen LogP contribution in [0.4, 0.5) is 0 Å². The number of aliphatic hydroxyl groups excluding tert-OH is 1. The number of benzene rings is 2. The maximum absolute atomic E-state index is 10.7. The summed E-state index contributed by atoms with van der Waals surface area (Å²) in [5.74, 6) is 0. The second-order valence-corrected chi connectivity index (χ2v) is 6.91. The van der Waals surface area contributed by atoms with Gasteiger partial charge in [0.25, 0.3) is 0 Å². The minimum atomic E-state index is -1.47. The molecule has 0 radical (unpaired) electrons. The first-order valence-electron chi connectivity index (χ1n) is 9.73. The second-order valence-electron chi connectivity index (χ2n) is 6.91. The molecule has 0 atom stereocenters. The van der Waals surface area contributed by atoms with Gasteiger partial charge in [-0.25, -0.2) is 0 Å². The molecule has 0 aromatic heterocycles. The Morgan fingerprint density at radius 1 is 0.964 bits per heavy atom. The van der Waals surface area contributed by atoms with Gasteiger partial charge in [-0.15, -0.1) is 0 Å². The van der Waals surface area contributed by atoms with Crippen molar-refractivity contribution in [1.82, 2.24) is 0 Å². The standard InChI is InChI=1S/C25H30O3/c1-4-9-23(18-25(28,5-2)6-3)21-12-7-10-19(16-21)14-15-20-11-8-13-22(17-20)24(26)27/h4,7-18,24,26-28H,5-6H2,1-3H3/b9-4+,15-14+,23-18+. The van der Waals surface area contributed by atoms with Gasteiger partial charge in [-0.2, -0.15) is 0 Å². The molecule has 0 saturated carbocycles. The first-order valence-corrected chi connectivity index (χ1v) is 9.73. The Morgan fingerprint density at radius 2 is 1.57 bits per heavy atom.